The van der Waals surface area contributed by atoms with E-state index in [0.29, 0.717) is 42.7 Å². The summed E-state index contributed by atoms with van der Waals surface area (Å²) >= 11 is 6.07. The highest BCUT2D eigenvalue weighted by molar-refractivity contribution is 6.30. The predicted molar refractivity (Wildman–Crippen MR) is 114 cm³/mol. The number of ether oxygens (including phenoxy) is 2. The molecule has 0 bridgehead atoms. The van der Waals surface area contributed by atoms with Gasteiger partial charge in [-0.1, -0.05) is 29.8 Å². The highest BCUT2D eigenvalue weighted by Crippen LogP contribution is 2.30. The molecule has 8 heteroatoms. The van der Waals surface area contributed by atoms with Crippen molar-refractivity contribution in [1.29, 1.82) is 0 Å². The van der Waals surface area contributed by atoms with Crippen molar-refractivity contribution in [2.45, 2.75) is 19.1 Å². The van der Waals surface area contributed by atoms with Gasteiger partial charge in [0.05, 0.1) is 0 Å². The summed E-state index contributed by atoms with van der Waals surface area (Å²) in [7, 11) is 0. The van der Waals surface area contributed by atoms with Gasteiger partial charge in [-0.3, -0.25) is 9.59 Å². The van der Waals surface area contributed by atoms with Gasteiger partial charge in [0.1, 0.15) is 12.6 Å². The van der Waals surface area contributed by atoms with Crippen molar-refractivity contribution in [2.24, 2.45) is 0 Å². The Morgan fingerprint density at radius 1 is 1.07 bits per heavy atom. The van der Waals surface area contributed by atoms with E-state index in [9.17, 15) is 9.59 Å². The number of fused-ring (bicyclic) bond motifs is 1. The van der Waals surface area contributed by atoms with Crippen LogP contribution >= 0.6 is 11.6 Å². The Hall–Kier alpha value is -2.93. The molecule has 0 aromatic heterocycles. The SMILES string of the molecule is C[C@@H](NC(=O)C1COc2ccccc2O1)C(=O)N1CCN(c2cccc(Cl)c2)CC1. The standard InChI is InChI=1S/C22H24ClN3O4/c1-15(24-21(27)20-14-29-18-7-2-3-8-19(18)30-20)22(28)26-11-9-25(10-12-26)17-6-4-5-16(23)13-17/h2-8,13,15,20H,9-12,14H2,1H3,(H,24,27)/t15-,20?/m1/s1. The van der Waals surface area contributed by atoms with Crippen molar-refractivity contribution >= 4 is 29.1 Å². The van der Waals surface area contributed by atoms with E-state index >= 15 is 0 Å². The van der Waals surface area contributed by atoms with E-state index in [0.717, 1.165) is 5.69 Å². The van der Waals surface area contributed by atoms with Crippen LogP contribution in [0.1, 0.15) is 6.92 Å². The van der Waals surface area contributed by atoms with Crippen molar-refractivity contribution in [1.82, 2.24) is 10.2 Å². The Bertz CT molecular complexity index is 930. The molecule has 0 spiro atoms. The van der Waals surface area contributed by atoms with E-state index in [1.807, 2.05) is 36.4 Å². The molecule has 2 aliphatic rings. The zero-order valence-corrected chi connectivity index (χ0v) is 17.5. The number of nitrogens with zero attached hydrogens (tertiary/aromatic N) is 2. The largest absolute Gasteiger partial charge is 0.485 e. The van der Waals surface area contributed by atoms with Crippen molar-refractivity contribution in [3.05, 3.63) is 53.6 Å². The maximum atomic E-state index is 12.8. The summed E-state index contributed by atoms with van der Waals surface area (Å²) in [5.74, 6) is 0.678. The second-order valence-electron chi connectivity index (χ2n) is 7.39. The third-order valence-electron chi connectivity index (χ3n) is 5.29. The summed E-state index contributed by atoms with van der Waals surface area (Å²) in [5, 5.41) is 3.46. The molecule has 0 aliphatic carbocycles. The number of carbonyl (C=O) groups is 2. The molecule has 1 saturated heterocycles. The van der Waals surface area contributed by atoms with E-state index in [2.05, 4.69) is 10.2 Å². The van der Waals surface area contributed by atoms with Gasteiger partial charge < -0.3 is 24.6 Å². The average molecular weight is 430 g/mol. The topological polar surface area (TPSA) is 71.1 Å². The second-order valence-corrected chi connectivity index (χ2v) is 7.82. The van der Waals surface area contributed by atoms with Gasteiger partial charge in [-0.05, 0) is 37.3 Å². The van der Waals surface area contributed by atoms with Crippen LogP contribution in [0.4, 0.5) is 5.69 Å². The lowest BCUT2D eigenvalue weighted by Crippen LogP contribution is -2.56. The van der Waals surface area contributed by atoms with Crippen molar-refractivity contribution in [3.63, 3.8) is 0 Å². The predicted octanol–water partition coefficient (Wildman–Crippen LogP) is 2.33. The van der Waals surface area contributed by atoms with Gasteiger partial charge in [0, 0.05) is 36.9 Å². The van der Waals surface area contributed by atoms with Crippen LogP contribution in [0.25, 0.3) is 0 Å². The van der Waals surface area contributed by atoms with Crippen LogP contribution in [0, 0.1) is 0 Å². The lowest BCUT2D eigenvalue weighted by atomic mass is 10.2. The fourth-order valence-corrected chi connectivity index (χ4v) is 3.83. The van der Waals surface area contributed by atoms with Crippen LogP contribution in [0.5, 0.6) is 11.5 Å². The maximum absolute atomic E-state index is 12.8. The van der Waals surface area contributed by atoms with Crippen LogP contribution in [-0.4, -0.2) is 61.6 Å². The summed E-state index contributed by atoms with van der Waals surface area (Å²) in [4.78, 5) is 29.4. The molecule has 4 rings (SSSR count). The lowest BCUT2D eigenvalue weighted by Gasteiger charge is -2.37. The first-order chi connectivity index (χ1) is 14.5. The van der Waals surface area contributed by atoms with Gasteiger partial charge in [0.25, 0.3) is 5.91 Å². The van der Waals surface area contributed by atoms with Gasteiger partial charge in [-0.15, -0.1) is 0 Å². The number of benzene rings is 2. The van der Waals surface area contributed by atoms with E-state index in [1.165, 1.54) is 0 Å². The number of nitrogens with one attached hydrogen (secondary N) is 1. The van der Waals surface area contributed by atoms with Gasteiger partial charge in [0.15, 0.2) is 11.5 Å². The first-order valence-electron chi connectivity index (χ1n) is 9.99. The van der Waals surface area contributed by atoms with E-state index in [1.54, 1.807) is 24.0 Å². The molecule has 2 atom stereocenters. The molecule has 2 aromatic rings. The highest BCUT2D eigenvalue weighted by Gasteiger charge is 2.31. The van der Waals surface area contributed by atoms with Crippen LogP contribution in [0.2, 0.25) is 5.02 Å². The minimum absolute atomic E-state index is 0.105. The van der Waals surface area contributed by atoms with Gasteiger partial charge >= 0.3 is 0 Å². The van der Waals surface area contributed by atoms with E-state index in [4.69, 9.17) is 21.1 Å². The number of anilines is 1. The number of hydrogen-bond donors (Lipinski definition) is 1. The molecule has 2 aliphatic heterocycles. The number of rotatable bonds is 4. The molecule has 0 saturated carbocycles. The lowest BCUT2D eigenvalue weighted by molar-refractivity contribution is -0.139. The highest BCUT2D eigenvalue weighted by atomic mass is 35.5. The Kier molecular flexibility index (Phi) is 5.99. The van der Waals surface area contributed by atoms with Crippen molar-refractivity contribution in [3.8, 4) is 11.5 Å². The molecule has 7 nitrogen and oxygen atoms in total. The summed E-state index contributed by atoms with van der Waals surface area (Å²) in [6.45, 7) is 4.40. The summed E-state index contributed by atoms with van der Waals surface area (Å²) in [5.41, 5.74) is 1.05. The molecule has 2 heterocycles. The Balaban J connectivity index is 1.28. The molecule has 1 unspecified atom stereocenters. The van der Waals surface area contributed by atoms with Gasteiger partial charge in [0.2, 0.25) is 12.0 Å². The molecule has 0 radical (unpaired) electrons. The van der Waals surface area contributed by atoms with Crippen molar-refractivity contribution in [2.75, 3.05) is 37.7 Å². The number of para-hydroxylation sites is 2. The Morgan fingerprint density at radius 3 is 2.53 bits per heavy atom. The monoisotopic (exact) mass is 429 g/mol. The number of halogens is 1. The van der Waals surface area contributed by atoms with Crippen LogP contribution in [0.3, 0.4) is 0 Å². The van der Waals surface area contributed by atoms with Crippen LogP contribution in [0.15, 0.2) is 48.5 Å². The van der Waals surface area contributed by atoms with Crippen LogP contribution < -0.4 is 19.7 Å². The number of carbonyl (C=O) groups excluding carboxylic acids is 2. The molecule has 158 valence electrons. The molecular formula is C22H24ClN3O4. The Morgan fingerprint density at radius 2 is 1.80 bits per heavy atom. The van der Waals surface area contributed by atoms with Gasteiger partial charge in [-0.25, -0.2) is 0 Å². The van der Waals surface area contributed by atoms with E-state index in [-0.39, 0.29) is 18.4 Å². The normalized spacial score (nSPS) is 19.2. The second kappa shape index (κ2) is 8.83. The first-order valence-corrected chi connectivity index (χ1v) is 10.4. The van der Waals surface area contributed by atoms with Crippen LogP contribution in [-0.2, 0) is 9.59 Å². The van der Waals surface area contributed by atoms with Gasteiger partial charge in [-0.2, -0.15) is 0 Å². The molecule has 1 fully saturated rings. The fourth-order valence-electron chi connectivity index (χ4n) is 3.65. The summed E-state index contributed by atoms with van der Waals surface area (Å²) < 4.78 is 11.3. The number of hydrogen-bond acceptors (Lipinski definition) is 5. The maximum Gasteiger partial charge on any atom is 0.265 e. The zero-order valence-electron chi connectivity index (χ0n) is 16.7. The molecular weight excluding hydrogens is 406 g/mol. The minimum Gasteiger partial charge on any atom is -0.485 e. The first kappa shape index (κ1) is 20.3. The summed E-state index contributed by atoms with van der Waals surface area (Å²) in [6.07, 6.45) is -0.783. The minimum atomic E-state index is -0.783. The third-order valence-corrected chi connectivity index (χ3v) is 5.53. The smallest absolute Gasteiger partial charge is 0.265 e. The summed E-state index contributed by atoms with van der Waals surface area (Å²) in [6, 6.07) is 14.3. The number of piperazine rings is 1. The van der Waals surface area contributed by atoms with Crippen molar-refractivity contribution < 1.29 is 19.1 Å². The van der Waals surface area contributed by atoms with E-state index < -0.39 is 12.1 Å². The number of amides is 2. The Labute approximate surface area is 180 Å². The molecule has 30 heavy (non-hydrogen) atoms. The molecule has 2 aromatic carbocycles. The average Bonchev–Trinajstić information content (AvgIpc) is 2.78. The third kappa shape index (κ3) is 4.46. The zero-order chi connectivity index (χ0) is 21.1. The quantitative estimate of drug-likeness (QED) is 0.807. The fraction of sp³-hybridized carbons (Fsp3) is 0.364. The molecule has 1 N–H and O–H groups in total. The molecule has 2 amide bonds.